The molecule has 0 radical (unpaired) electrons. The van der Waals surface area contributed by atoms with E-state index in [1.54, 1.807) is 19.3 Å². The fourth-order valence-corrected chi connectivity index (χ4v) is 2.04. The van der Waals surface area contributed by atoms with Gasteiger partial charge in [-0.05, 0) is 46.3 Å². The lowest BCUT2D eigenvalue weighted by atomic mass is 10.2. The Morgan fingerprint density at radius 3 is 2.60 bits per heavy atom. The van der Waals surface area contributed by atoms with Crippen LogP contribution in [-0.4, -0.2) is 25.0 Å². The Bertz CT molecular complexity index is 632. The molecule has 0 aliphatic carbocycles. The normalized spacial score (nSPS) is 10.2. The molecule has 0 atom stereocenters. The van der Waals surface area contributed by atoms with E-state index in [4.69, 9.17) is 4.74 Å². The fourth-order valence-electron chi connectivity index (χ4n) is 1.71. The molecule has 2 rings (SSSR count). The van der Waals surface area contributed by atoms with Crippen LogP contribution in [0.2, 0.25) is 0 Å². The summed E-state index contributed by atoms with van der Waals surface area (Å²) < 4.78 is 18.7. The van der Waals surface area contributed by atoms with Gasteiger partial charge in [-0.2, -0.15) is 0 Å². The van der Waals surface area contributed by atoms with E-state index in [1.807, 2.05) is 0 Å². The van der Waals surface area contributed by atoms with Crippen LogP contribution in [0.25, 0.3) is 0 Å². The van der Waals surface area contributed by atoms with E-state index in [-0.39, 0.29) is 17.6 Å². The molecule has 0 bridgehead atoms. The SMILES string of the molecule is COc1ncc(Br)cc1C(=O)N(C)c1ccc(F)cc1. The third-order valence-corrected chi connectivity index (χ3v) is 3.19. The van der Waals surface area contributed by atoms with E-state index in [0.717, 1.165) is 0 Å². The van der Waals surface area contributed by atoms with Gasteiger partial charge in [0.1, 0.15) is 11.4 Å². The number of rotatable bonds is 3. The predicted octanol–water partition coefficient (Wildman–Crippen LogP) is 3.27. The van der Waals surface area contributed by atoms with Gasteiger partial charge in [0.2, 0.25) is 5.88 Å². The van der Waals surface area contributed by atoms with Crippen LogP contribution < -0.4 is 9.64 Å². The molecule has 0 N–H and O–H groups in total. The third-order valence-electron chi connectivity index (χ3n) is 2.76. The predicted molar refractivity (Wildman–Crippen MR) is 77.6 cm³/mol. The van der Waals surface area contributed by atoms with Crippen LogP contribution in [0.5, 0.6) is 5.88 Å². The van der Waals surface area contributed by atoms with E-state index in [9.17, 15) is 9.18 Å². The largest absolute Gasteiger partial charge is 0.480 e. The first-order valence-corrected chi connectivity index (χ1v) is 6.55. The zero-order valence-corrected chi connectivity index (χ0v) is 12.5. The molecular formula is C14H12BrFN2O2. The minimum absolute atomic E-state index is 0.243. The molecule has 6 heteroatoms. The van der Waals surface area contributed by atoms with E-state index >= 15 is 0 Å². The van der Waals surface area contributed by atoms with Gasteiger partial charge >= 0.3 is 0 Å². The van der Waals surface area contributed by atoms with E-state index in [0.29, 0.717) is 15.7 Å². The van der Waals surface area contributed by atoms with Gasteiger partial charge < -0.3 is 9.64 Å². The van der Waals surface area contributed by atoms with Crippen LogP contribution in [0.4, 0.5) is 10.1 Å². The van der Waals surface area contributed by atoms with Crippen molar-refractivity contribution in [2.45, 2.75) is 0 Å². The molecule has 1 aromatic carbocycles. The molecule has 0 saturated heterocycles. The number of hydrogen-bond donors (Lipinski definition) is 0. The fraction of sp³-hybridized carbons (Fsp3) is 0.143. The quantitative estimate of drug-likeness (QED) is 0.862. The van der Waals surface area contributed by atoms with Crippen LogP contribution >= 0.6 is 15.9 Å². The maximum atomic E-state index is 12.9. The van der Waals surface area contributed by atoms with Crippen molar-refractivity contribution in [2.75, 3.05) is 19.1 Å². The molecule has 4 nitrogen and oxygen atoms in total. The molecule has 1 amide bonds. The lowest BCUT2D eigenvalue weighted by Crippen LogP contribution is -2.26. The molecule has 1 heterocycles. The molecule has 2 aromatic rings. The van der Waals surface area contributed by atoms with Crippen molar-refractivity contribution in [3.8, 4) is 5.88 Å². The highest BCUT2D eigenvalue weighted by molar-refractivity contribution is 9.10. The van der Waals surface area contributed by atoms with Gasteiger partial charge in [-0.15, -0.1) is 0 Å². The highest BCUT2D eigenvalue weighted by Gasteiger charge is 2.19. The molecule has 0 aliphatic rings. The summed E-state index contributed by atoms with van der Waals surface area (Å²) in [4.78, 5) is 17.9. The number of benzene rings is 1. The van der Waals surface area contributed by atoms with Crippen molar-refractivity contribution in [1.29, 1.82) is 0 Å². The van der Waals surface area contributed by atoms with Crippen LogP contribution in [0.15, 0.2) is 41.0 Å². The van der Waals surface area contributed by atoms with Crippen molar-refractivity contribution >= 4 is 27.5 Å². The van der Waals surface area contributed by atoms with Crippen LogP contribution in [0, 0.1) is 5.82 Å². The summed E-state index contributed by atoms with van der Waals surface area (Å²) in [5.74, 6) is -0.397. The zero-order chi connectivity index (χ0) is 14.7. The number of carbonyl (C=O) groups is 1. The number of hydrogen-bond acceptors (Lipinski definition) is 3. The Morgan fingerprint density at radius 2 is 2.00 bits per heavy atom. The number of pyridine rings is 1. The van der Waals surface area contributed by atoms with Crippen molar-refractivity contribution in [2.24, 2.45) is 0 Å². The standard InChI is InChI=1S/C14H12BrFN2O2/c1-18(11-5-3-10(16)4-6-11)14(19)12-7-9(15)8-17-13(12)20-2/h3-8H,1-2H3. The first-order valence-electron chi connectivity index (χ1n) is 5.76. The number of amides is 1. The molecule has 1 aromatic heterocycles. The Kier molecular flexibility index (Phi) is 4.34. The molecule has 20 heavy (non-hydrogen) atoms. The number of aromatic nitrogens is 1. The summed E-state index contributed by atoms with van der Waals surface area (Å²) in [5, 5.41) is 0. The van der Waals surface area contributed by atoms with Gasteiger partial charge in [0.15, 0.2) is 0 Å². The maximum Gasteiger partial charge on any atom is 0.263 e. The molecule has 0 fully saturated rings. The molecular weight excluding hydrogens is 327 g/mol. The Labute approximate surface area is 124 Å². The molecule has 0 spiro atoms. The van der Waals surface area contributed by atoms with Crippen LogP contribution in [0.1, 0.15) is 10.4 Å². The lowest BCUT2D eigenvalue weighted by molar-refractivity contribution is 0.0989. The van der Waals surface area contributed by atoms with Gasteiger partial charge in [0.05, 0.1) is 7.11 Å². The summed E-state index contributed by atoms with van der Waals surface area (Å²) in [6.45, 7) is 0. The van der Waals surface area contributed by atoms with Crippen LogP contribution in [-0.2, 0) is 0 Å². The molecule has 104 valence electrons. The third kappa shape index (κ3) is 2.96. The Balaban J connectivity index is 2.35. The highest BCUT2D eigenvalue weighted by Crippen LogP contribution is 2.23. The maximum absolute atomic E-state index is 12.9. The summed E-state index contributed by atoms with van der Waals surface area (Å²) >= 11 is 3.27. The first-order chi connectivity index (χ1) is 9.52. The molecule has 0 unspecified atom stereocenters. The van der Waals surface area contributed by atoms with Gasteiger partial charge in [-0.3, -0.25) is 4.79 Å². The van der Waals surface area contributed by atoms with E-state index in [1.165, 1.54) is 36.3 Å². The summed E-state index contributed by atoms with van der Waals surface area (Å²) in [6, 6.07) is 7.30. The minimum Gasteiger partial charge on any atom is -0.480 e. The highest BCUT2D eigenvalue weighted by atomic mass is 79.9. The second-order valence-electron chi connectivity index (χ2n) is 4.05. The van der Waals surface area contributed by atoms with Gasteiger partial charge in [-0.25, -0.2) is 9.37 Å². The number of nitrogens with zero attached hydrogens (tertiary/aromatic N) is 2. The number of carbonyl (C=O) groups excluding carboxylic acids is 1. The number of anilines is 1. The average Bonchev–Trinajstić information content (AvgIpc) is 2.46. The molecule has 0 saturated carbocycles. The van der Waals surface area contributed by atoms with Crippen molar-refractivity contribution < 1.29 is 13.9 Å². The summed E-state index contributed by atoms with van der Waals surface area (Å²) in [5.41, 5.74) is 0.909. The second-order valence-corrected chi connectivity index (χ2v) is 4.97. The van der Waals surface area contributed by atoms with Gasteiger partial charge in [0.25, 0.3) is 5.91 Å². The number of halogens is 2. The van der Waals surface area contributed by atoms with Crippen LogP contribution in [0.3, 0.4) is 0 Å². The van der Waals surface area contributed by atoms with Crippen molar-refractivity contribution in [3.63, 3.8) is 0 Å². The van der Waals surface area contributed by atoms with E-state index < -0.39 is 0 Å². The second kappa shape index (κ2) is 6.00. The van der Waals surface area contributed by atoms with Gasteiger partial charge in [0, 0.05) is 23.4 Å². The first kappa shape index (κ1) is 14.5. The summed E-state index contributed by atoms with van der Waals surface area (Å²) in [6.07, 6.45) is 1.55. The lowest BCUT2D eigenvalue weighted by Gasteiger charge is -2.18. The van der Waals surface area contributed by atoms with Crippen molar-refractivity contribution in [1.82, 2.24) is 4.98 Å². The smallest absolute Gasteiger partial charge is 0.263 e. The zero-order valence-electron chi connectivity index (χ0n) is 10.9. The monoisotopic (exact) mass is 338 g/mol. The van der Waals surface area contributed by atoms with E-state index in [2.05, 4.69) is 20.9 Å². The minimum atomic E-state index is -0.351. The Hall–Kier alpha value is -1.95. The van der Waals surface area contributed by atoms with Crippen molar-refractivity contribution in [3.05, 3.63) is 52.4 Å². The topological polar surface area (TPSA) is 42.4 Å². The molecule has 0 aliphatic heterocycles. The summed E-state index contributed by atoms with van der Waals surface area (Å²) in [7, 11) is 3.06. The van der Waals surface area contributed by atoms with Gasteiger partial charge in [-0.1, -0.05) is 0 Å². The average molecular weight is 339 g/mol. The number of methoxy groups -OCH3 is 1. The Morgan fingerprint density at radius 1 is 1.35 bits per heavy atom. The number of ether oxygens (including phenoxy) is 1.